The maximum absolute atomic E-state index is 13.9. The molecule has 0 aliphatic carbocycles. The molecule has 2 aliphatic rings. The van der Waals surface area contributed by atoms with Gasteiger partial charge in [-0.15, -0.1) is 0 Å². The number of aryl methyl sites for hydroxylation is 3. The van der Waals surface area contributed by atoms with Gasteiger partial charge in [-0.1, -0.05) is 33.4 Å². The molecule has 3 N–H and O–H groups in total. The predicted octanol–water partition coefficient (Wildman–Crippen LogP) is 7.23. The van der Waals surface area contributed by atoms with Crippen LogP contribution in [0, 0.1) is 26.7 Å². The Labute approximate surface area is 284 Å². The summed E-state index contributed by atoms with van der Waals surface area (Å²) in [7, 11) is 1.83. The van der Waals surface area contributed by atoms with E-state index in [0.717, 1.165) is 73.5 Å². The molecule has 5 rings (SSSR count). The summed E-state index contributed by atoms with van der Waals surface area (Å²) in [6.07, 6.45) is 2.78. The molecule has 9 heteroatoms. The maximum atomic E-state index is 13.9. The van der Waals surface area contributed by atoms with Gasteiger partial charge in [0.2, 0.25) is 5.91 Å². The van der Waals surface area contributed by atoms with Crippen LogP contribution in [0.25, 0.3) is 39.3 Å². The van der Waals surface area contributed by atoms with Crippen molar-refractivity contribution in [2.24, 2.45) is 5.92 Å². The summed E-state index contributed by atoms with van der Waals surface area (Å²) >= 11 is 0. The van der Waals surface area contributed by atoms with Crippen LogP contribution in [0.5, 0.6) is 0 Å². The Morgan fingerprint density at radius 3 is 2.31 bits per heavy atom. The molecule has 9 nitrogen and oxygen atoms in total. The van der Waals surface area contributed by atoms with Crippen molar-refractivity contribution in [1.82, 2.24) is 24.8 Å². The lowest BCUT2D eigenvalue weighted by atomic mass is 9.79. The minimum absolute atomic E-state index is 0.00413. The average Bonchev–Trinajstić information content (AvgIpc) is 3.77. The van der Waals surface area contributed by atoms with Crippen molar-refractivity contribution in [3.63, 3.8) is 0 Å². The van der Waals surface area contributed by atoms with Crippen LogP contribution >= 0.6 is 0 Å². The number of aliphatic hydroxyl groups excluding tert-OH is 1. The smallest absolute Gasteiger partial charge is 0.225 e. The Balaban J connectivity index is 1.63. The van der Waals surface area contributed by atoms with Crippen LogP contribution in [0.15, 0.2) is 30.8 Å². The Kier molecular flexibility index (Phi) is 11.0. The van der Waals surface area contributed by atoms with Crippen molar-refractivity contribution < 1.29 is 19.4 Å². The molecule has 5 heterocycles. The monoisotopic (exact) mass is 653 g/mol. The van der Waals surface area contributed by atoms with Gasteiger partial charge in [0.05, 0.1) is 50.1 Å². The summed E-state index contributed by atoms with van der Waals surface area (Å²) in [6.45, 7) is 21.0. The molecule has 1 amide bonds. The standard InChI is InChI=1S/C39H51N5O4/c1-10-28-24(5)33-21-36-29(11-2)23(4)32(41-36)20-34-25(6)37(27(8)39(46)44(9)12-14-47-16-17-48-15-13-45)38(43-34)26(7)31-18-22(3)30(40-31)19-35(28)42-33/h11,18-21,25,27,37,40-41,45H,2,10,12-17H2,1,3-9H3/t25-,27?,37+/m1/s1. The van der Waals surface area contributed by atoms with Gasteiger partial charge in [-0.2, -0.15) is 0 Å². The summed E-state index contributed by atoms with van der Waals surface area (Å²) in [5, 5.41) is 8.86. The van der Waals surface area contributed by atoms with Gasteiger partial charge in [-0.25, -0.2) is 4.98 Å². The van der Waals surface area contributed by atoms with Crippen molar-refractivity contribution in [2.75, 3.05) is 46.6 Å². The quantitative estimate of drug-likeness (QED) is 0.178. The van der Waals surface area contributed by atoms with E-state index in [9.17, 15) is 4.79 Å². The largest absolute Gasteiger partial charge is 0.394 e. The predicted molar refractivity (Wildman–Crippen MR) is 195 cm³/mol. The average molecular weight is 654 g/mol. The van der Waals surface area contributed by atoms with Crippen LogP contribution in [-0.2, 0) is 14.3 Å². The number of aromatic nitrogens is 4. The normalized spacial score (nSPS) is 16.8. The summed E-state index contributed by atoms with van der Waals surface area (Å²) < 4.78 is 10.9. The first-order chi connectivity index (χ1) is 23.0. The molecule has 256 valence electrons. The molecular formula is C39H51N5O4. The number of hydrogen-bond acceptors (Lipinski definition) is 6. The number of aromatic amines is 2. The van der Waals surface area contributed by atoms with E-state index in [4.69, 9.17) is 24.5 Å². The van der Waals surface area contributed by atoms with Gasteiger partial charge in [0, 0.05) is 64.7 Å². The molecule has 2 aliphatic heterocycles. The van der Waals surface area contributed by atoms with E-state index < -0.39 is 0 Å². The van der Waals surface area contributed by atoms with Gasteiger partial charge in [-0.3, -0.25) is 9.78 Å². The third-order valence-electron chi connectivity index (χ3n) is 10.1. The van der Waals surface area contributed by atoms with E-state index in [2.05, 4.69) is 82.4 Å². The lowest BCUT2D eigenvalue weighted by molar-refractivity contribution is -0.135. The fourth-order valence-electron chi connectivity index (χ4n) is 7.10. The molecule has 8 bridgehead atoms. The number of amides is 1. The highest BCUT2D eigenvalue weighted by molar-refractivity contribution is 5.93. The fourth-order valence-corrected chi connectivity index (χ4v) is 7.10. The molecule has 3 aromatic rings. The summed E-state index contributed by atoms with van der Waals surface area (Å²) in [5.41, 5.74) is 14.5. The van der Waals surface area contributed by atoms with Crippen LogP contribution in [0.3, 0.4) is 0 Å². The first kappa shape index (κ1) is 35.3. The highest BCUT2D eigenvalue weighted by Gasteiger charge is 2.38. The van der Waals surface area contributed by atoms with Crippen LogP contribution in [0.2, 0.25) is 0 Å². The number of nitrogens with zero attached hydrogens (tertiary/aromatic N) is 3. The zero-order chi connectivity index (χ0) is 34.7. The Bertz CT molecular complexity index is 1880. The number of rotatable bonds is 12. The molecule has 0 saturated heterocycles. The second-order valence-corrected chi connectivity index (χ2v) is 13.1. The Morgan fingerprint density at radius 2 is 1.62 bits per heavy atom. The van der Waals surface area contributed by atoms with Crippen LogP contribution in [-0.4, -0.2) is 82.5 Å². The molecule has 3 aromatic heterocycles. The minimum atomic E-state index is -0.319. The highest BCUT2D eigenvalue weighted by Crippen LogP contribution is 2.44. The van der Waals surface area contributed by atoms with Gasteiger partial charge in [0.1, 0.15) is 0 Å². The molecule has 48 heavy (non-hydrogen) atoms. The molecule has 0 radical (unpaired) electrons. The molecular weight excluding hydrogens is 602 g/mol. The van der Waals surface area contributed by atoms with E-state index in [1.165, 1.54) is 11.1 Å². The molecule has 3 atom stereocenters. The topological polar surface area (TPSA) is 116 Å². The number of allylic oxidation sites excluding steroid dienone is 2. The van der Waals surface area contributed by atoms with Gasteiger partial charge >= 0.3 is 0 Å². The second-order valence-electron chi connectivity index (χ2n) is 13.1. The van der Waals surface area contributed by atoms with E-state index in [1.54, 1.807) is 4.90 Å². The van der Waals surface area contributed by atoms with Crippen LogP contribution < -0.4 is 0 Å². The van der Waals surface area contributed by atoms with E-state index in [0.29, 0.717) is 33.0 Å². The van der Waals surface area contributed by atoms with E-state index in [1.807, 2.05) is 20.0 Å². The number of hydrogen-bond donors (Lipinski definition) is 3. The summed E-state index contributed by atoms with van der Waals surface area (Å²) in [6, 6.07) is 8.61. The molecule has 0 aromatic carbocycles. The van der Waals surface area contributed by atoms with Crippen molar-refractivity contribution >= 4 is 45.2 Å². The van der Waals surface area contributed by atoms with Gasteiger partial charge in [0.25, 0.3) is 0 Å². The van der Waals surface area contributed by atoms with Crippen LogP contribution in [0.4, 0.5) is 0 Å². The first-order valence-corrected chi connectivity index (χ1v) is 17.1. The number of ether oxygens (including phenoxy) is 2. The molecule has 0 saturated carbocycles. The Hall–Kier alpha value is -4.05. The number of carbonyl (C=O) groups excluding carboxylic acids is 1. The van der Waals surface area contributed by atoms with Gasteiger partial charge < -0.3 is 29.4 Å². The van der Waals surface area contributed by atoms with E-state index >= 15 is 0 Å². The Morgan fingerprint density at radius 1 is 0.958 bits per heavy atom. The van der Waals surface area contributed by atoms with Gasteiger partial charge in [0.15, 0.2) is 0 Å². The SMILES string of the molecule is C=Cc1c(C)c2cc3nc(c(C)c4cc(C)c(cc5nc(cc1[nH]2)C(C)=C5CC)[nH]4)[C@H](C(C)C(=O)N(C)CCOCCOCCO)[C@@H]3C. The molecule has 0 fully saturated rings. The third-order valence-corrected chi connectivity index (χ3v) is 10.1. The third kappa shape index (κ3) is 6.90. The minimum Gasteiger partial charge on any atom is -0.394 e. The van der Waals surface area contributed by atoms with Crippen LogP contribution in [0.1, 0.15) is 91.0 Å². The number of nitrogens with one attached hydrogen (secondary N) is 2. The van der Waals surface area contributed by atoms with Crippen molar-refractivity contribution in [3.8, 4) is 0 Å². The van der Waals surface area contributed by atoms with Crippen molar-refractivity contribution in [3.05, 3.63) is 75.9 Å². The lowest BCUT2D eigenvalue weighted by Crippen LogP contribution is -2.37. The first-order valence-electron chi connectivity index (χ1n) is 17.1. The number of aliphatic hydroxyl groups is 1. The lowest BCUT2D eigenvalue weighted by Gasteiger charge is -2.28. The highest BCUT2D eigenvalue weighted by atomic mass is 16.5. The summed E-state index contributed by atoms with van der Waals surface area (Å²) in [5.74, 6) is -0.395. The second kappa shape index (κ2) is 15.0. The zero-order valence-electron chi connectivity index (χ0n) is 29.8. The number of H-pyrrole nitrogens is 2. The number of carbonyl (C=O) groups is 1. The van der Waals surface area contributed by atoms with Crippen molar-refractivity contribution in [2.45, 2.75) is 66.7 Å². The summed E-state index contributed by atoms with van der Waals surface area (Å²) in [4.78, 5) is 33.4. The van der Waals surface area contributed by atoms with E-state index in [-0.39, 0.29) is 30.3 Å². The van der Waals surface area contributed by atoms with Crippen molar-refractivity contribution in [1.29, 1.82) is 0 Å². The fraction of sp³-hybridized carbons (Fsp3) is 0.462. The molecule has 0 spiro atoms. The number of likely N-dealkylation sites (N-methyl/N-ethyl adjacent to an activating group) is 1. The van der Waals surface area contributed by atoms with Gasteiger partial charge in [-0.05, 0) is 86.2 Å². The zero-order valence-corrected chi connectivity index (χ0v) is 29.8. The number of fused-ring (bicyclic) bond motifs is 8. The molecule has 1 unspecified atom stereocenters. The maximum Gasteiger partial charge on any atom is 0.225 e.